The number of aliphatic hydroxyl groups excluding tert-OH is 1. The van der Waals surface area contributed by atoms with E-state index in [1.165, 1.54) is 7.11 Å². The fraction of sp³-hybridized carbons (Fsp3) is 0.548. The molecule has 11 nitrogen and oxygen atoms in total. The predicted octanol–water partition coefficient (Wildman–Crippen LogP) is 4.98. The number of hydrogen-bond donors (Lipinski definition) is 5. The van der Waals surface area contributed by atoms with Gasteiger partial charge in [0.05, 0.1) is 25.9 Å². The summed E-state index contributed by atoms with van der Waals surface area (Å²) in [6, 6.07) is -0.483. The Bertz CT molecular complexity index is 1460. The fourth-order valence-corrected chi connectivity index (χ4v) is 6.14. The lowest BCUT2D eigenvalue weighted by Crippen LogP contribution is -2.62. The molecule has 0 aromatic heterocycles. The summed E-state index contributed by atoms with van der Waals surface area (Å²) in [7, 11) is 5.12. The Labute approximate surface area is 316 Å². The molecule has 11 heteroatoms. The van der Waals surface area contributed by atoms with Crippen LogP contribution in [0.4, 0.5) is 0 Å². The molecule has 3 heterocycles. The first-order valence-electron chi connectivity index (χ1n) is 18.6. The molecule has 1 amide bonds. The zero-order chi connectivity index (χ0) is 39.0. The van der Waals surface area contributed by atoms with Crippen LogP contribution < -0.4 is 16.0 Å². The van der Waals surface area contributed by atoms with Crippen LogP contribution in [0.2, 0.25) is 0 Å². The van der Waals surface area contributed by atoms with E-state index in [1.807, 2.05) is 90.3 Å². The van der Waals surface area contributed by atoms with Crippen molar-refractivity contribution in [2.75, 3.05) is 27.8 Å². The van der Waals surface area contributed by atoms with Gasteiger partial charge in [-0.05, 0) is 86.5 Å². The molecular formula is C42H63N3O8. The number of allylic oxidation sites excluding steroid dienone is 14. The number of rotatable bonds is 7. The van der Waals surface area contributed by atoms with E-state index < -0.39 is 42.5 Å². The number of carbonyl (C=O) groups is 1. The molecule has 0 aromatic carbocycles. The molecule has 10 unspecified atom stereocenters. The van der Waals surface area contributed by atoms with Gasteiger partial charge >= 0.3 is 0 Å². The molecule has 2 saturated heterocycles. The summed E-state index contributed by atoms with van der Waals surface area (Å²) in [5.41, 5.74) is 1.41. The molecule has 10 atom stereocenters. The lowest BCUT2D eigenvalue weighted by atomic mass is 9.96. The second kappa shape index (κ2) is 22.1. The minimum Gasteiger partial charge on any atom is -0.491 e. The highest BCUT2D eigenvalue weighted by atomic mass is 16.7. The molecule has 5 N–H and O–H groups in total. The van der Waals surface area contributed by atoms with Crippen LogP contribution in [0.25, 0.3) is 0 Å². The first kappa shape index (κ1) is 44.0. The van der Waals surface area contributed by atoms with Crippen LogP contribution in [0.3, 0.4) is 0 Å². The third kappa shape index (κ3) is 14.4. The van der Waals surface area contributed by atoms with Crippen LogP contribution >= 0.6 is 0 Å². The van der Waals surface area contributed by atoms with E-state index in [1.54, 1.807) is 44.4 Å². The van der Waals surface area contributed by atoms with Crippen LogP contribution in [0.5, 0.6) is 0 Å². The van der Waals surface area contributed by atoms with Gasteiger partial charge in [-0.1, -0.05) is 90.1 Å². The Balaban J connectivity index is 1.85. The monoisotopic (exact) mass is 737 g/mol. The summed E-state index contributed by atoms with van der Waals surface area (Å²) in [5.74, 6) is -0.0812. The van der Waals surface area contributed by atoms with Gasteiger partial charge in [0.15, 0.2) is 18.3 Å². The summed E-state index contributed by atoms with van der Waals surface area (Å²) in [6.07, 6.45) is 24.4. The Morgan fingerprint density at radius 1 is 0.925 bits per heavy atom. The maximum Gasteiger partial charge on any atom is 0.286 e. The smallest absolute Gasteiger partial charge is 0.286 e. The second-order valence-electron chi connectivity index (χ2n) is 14.1. The van der Waals surface area contributed by atoms with Gasteiger partial charge in [-0.3, -0.25) is 4.79 Å². The average molecular weight is 738 g/mol. The highest BCUT2D eigenvalue weighted by Crippen LogP contribution is 2.28. The highest BCUT2D eigenvalue weighted by molar-refractivity contribution is 5.92. The molecule has 53 heavy (non-hydrogen) atoms. The van der Waals surface area contributed by atoms with Crippen molar-refractivity contribution in [3.8, 4) is 0 Å². The SMILES string of the molecule is CNC1CCC(OC2COC(OC3\C=C/C=C/C(C)=C/C=C\C(C)=C\CC(C)NC(=O)/C(OC)=C/C(C)=C/C=C/C=C\C3(C)O)C(NC)C2O)OC1C. The summed E-state index contributed by atoms with van der Waals surface area (Å²) >= 11 is 0. The van der Waals surface area contributed by atoms with Crippen molar-refractivity contribution in [2.24, 2.45) is 0 Å². The number of ether oxygens (including phenoxy) is 5. The molecule has 3 aliphatic rings. The van der Waals surface area contributed by atoms with Gasteiger partial charge in [0.2, 0.25) is 0 Å². The van der Waals surface area contributed by atoms with E-state index in [0.717, 1.165) is 23.1 Å². The summed E-state index contributed by atoms with van der Waals surface area (Å²) in [4.78, 5) is 12.9. The molecule has 0 bridgehead atoms. The number of aliphatic hydroxyl groups is 2. The lowest BCUT2D eigenvalue weighted by Gasteiger charge is -2.44. The predicted molar refractivity (Wildman–Crippen MR) is 210 cm³/mol. The Morgan fingerprint density at radius 2 is 1.66 bits per heavy atom. The molecule has 0 radical (unpaired) electrons. The van der Waals surface area contributed by atoms with Gasteiger partial charge in [0.25, 0.3) is 5.91 Å². The third-order valence-corrected chi connectivity index (χ3v) is 9.46. The van der Waals surface area contributed by atoms with Crippen LogP contribution in [0, 0.1) is 0 Å². The highest BCUT2D eigenvalue weighted by Gasteiger charge is 2.44. The van der Waals surface area contributed by atoms with Gasteiger partial charge in [0.1, 0.15) is 23.9 Å². The molecule has 2 fully saturated rings. The third-order valence-electron chi connectivity index (χ3n) is 9.46. The molecular weight excluding hydrogens is 674 g/mol. The van der Waals surface area contributed by atoms with Gasteiger partial charge < -0.3 is 49.8 Å². The van der Waals surface area contributed by atoms with E-state index in [4.69, 9.17) is 23.7 Å². The Morgan fingerprint density at radius 3 is 2.36 bits per heavy atom. The fourth-order valence-electron chi connectivity index (χ4n) is 6.14. The van der Waals surface area contributed by atoms with Crippen LogP contribution in [0.15, 0.2) is 108 Å². The van der Waals surface area contributed by atoms with E-state index >= 15 is 0 Å². The van der Waals surface area contributed by atoms with E-state index in [9.17, 15) is 15.0 Å². The van der Waals surface area contributed by atoms with Crippen molar-refractivity contribution in [1.82, 2.24) is 16.0 Å². The summed E-state index contributed by atoms with van der Waals surface area (Å²) in [5, 5.41) is 32.5. The number of amides is 1. The topological polar surface area (TPSA) is 140 Å². The minimum atomic E-state index is -1.48. The molecule has 0 saturated carbocycles. The maximum absolute atomic E-state index is 12.9. The summed E-state index contributed by atoms with van der Waals surface area (Å²) in [6.45, 7) is 11.6. The van der Waals surface area contributed by atoms with Crippen molar-refractivity contribution in [2.45, 2.75) is 122 Å². The van der Waals surface area contributed by atoms with Crippen molar-refractivity contribution in [1.29, 1.82) is 0 Å². The molecule has 3 aliphatic heterocycles. The van der Waals surface area contributed by atoms with Crippen LogP contribution in [0.1, 0.15) is 60.8 Å². The lowest BCUT2D eigenvalue weighted by molar-refractivity contribution is -0.295. The zero-order valence-corrected chi connectivity index (χ0v) is 33.0. The van der Waals surface area contributed by atoms with Crippen LogP contribution in [-0.4, -0.2) is 105 Å². The number of hydrogen-bond acceptors (Lipinski definition) is 10. The molecule has 294 valence electrons. The second-order valence-corrected chi connectivity index (χ2v) is 14.1. The Kier molecular flexibility index (Phi) is 18.4. The molecule has 3 rings (SSSR count). The first-order chi connectivity index (χ1) is 25.3. The van der Waals surface area contributed by atoms with Gasteiger partial charge in [-0.25, -0.2) is 0 Å². The van der Waals surface area contributed by atoms with Gasteiger partial charge in [-0.15, -0.1) is 0 Å². The normalized spacial score (nSPS) is 41.3. The standard InChI is InChI=1S/C42H63N3O8/c1-28-16-12-13-20-36(53-41-38(44-8)39(46)35(27-50-41)52-37-24-23-33(43-7)32(5)51-37)42(6,48)25-14-10-11-17-30(3)26-34(49-9)40(47)45-31(4)22-21-29(2)19-15-18-28/h10-21,25-26,31-33,35-39,41,43-44,46,48H,22-24,27H2,1-9H3,(H,45,47)/b11-10+,16-12+,19-15-,20-13-,25-14-,28-18+,29-21+,30-17+,34-26-. The van der Waals surface area contributed by atoms with Crippen molar-refractivity contribution < 1.29 is 38.7 Å². The van der Waals surface area contributed by atoms with Crippen molar-refractivity contribution in [3.63, 3.8) is 0 Å². The van der Waals surface area contributed by atoms with E-state index in [2.05, 4.69) is 22.0 Å². The summed E-state index contributed by atoms with van der Waals surface area (Å²) < 4.78 is 30.2. The van der Waals surface area contributed by atoms with Crippen molar-refractivity contribution >= 4 is 5.91 Å². The minimum absolute atomic E-state index is 0.0257. The first-order valence-corrected chi connectivity index (χ1v) is 18.6. The number of likely N-dealkylation sites (N-methyl/N-ethyl adjacent to an activating group) is 2. The number of nitrogens with one attached hydrogen (secondary N) is 3. The van der Waals surface area contributed by atoms with E-state index in [-0.39, 0.29) is 36.5 Å². The number of methoxy groups -OCH3 is 1. The average Bonchev–Trinajstić information content (AvgIpc) is 3.11. The molecule has 0 spiro atoms. The largest absolute Gasteiger partial charge is 0.491 e. The van der Waals surface area contributed by atoms with Crippen molar-refractivity contribution in [3.05, 3.63) is 108 Å². The quantitative estimate of drug-likeness (QED) is 0.243. The van der Waals surface area contributed by atoms with Crippen LogP contribution in [-0.2, 0) is 28.5 Å². The number of carbonyl (C=O) groups excluding carboxylic acids is 1. The zero-order valence-electron chi connectivity index (χ0n) is 33.0. The molecule has 0 aromatic rings. The maximum atomic E-state index is 12.9. The molecule has 0 aliphatic carbocycles. The van der Waals surface area contributed by atoms with Gasteiger partial charge in [0, 0.05) is 12.1 Å². The van der Waals surface area contributed by atoms with E-state index in [0.29, 0.717) is 12.8 Å². The Hall–Kier alpha value is -3.39. The van der Waals surface area contributed by atoms with Gasteiger partial charge in [-0.2, -0.15) is 0 Å².